The van der Waals surface area contributed by atoms with Crippen molar-refractivity contribution < 1.29 is 9.90 Å². The van der Waals surface area contributed by atoms with Gasteiger partial charge in [0.1, 0.15) is 0 Å². The Balaban J connectivity index is 2.34. The largest absolute Gasteiger partial charge is 0.396 e. The zero-order valence-corrected chi connectivity index (χ0v) is 7.62. The molecule has 0 saturated heterocycles. The summed E-state index contributed by atoms with van der Waals surface area (Å²) in [6.45, 7) is 2.90. The van der Waals surface area contributed by atoms with Crippen molar-refractivity contribution in [2.24, 2.45) is 0 Å². The van der Waals surface area contributed by atoms with Crippen molar-refractivity contribution in [3.05, 3.63) is 0 Å². The highest BCUT2D eigenvalue weighted by atomic mass is 16.3. The fraction of sp³-hybridized carbons (Fsp3) is 0.889. The van der Waals surface area contributed by atoms with E-state index in [0.717, 1.165) is 25.8 Å². The van der Waals surface area contributed by atoms with Gasteiger partial charge in [-0.2, -0.15) is 0 Å². The second-order valence-electron chi connectivity index (χ2n) is 3.29. The van der Waals surface area contributed by atoms with E-state index in [1.807, 2.05) is 4.90 Å². The lowest BCUT2D eigenvalue weighted by Crippen LogP contribution is -2.34. The van der Waals surface area contributed by atoms with Crippen molar-refractivity contribution in [1.82, 2.24) is 4.90 Å². The van der Waals surface area contributed by atoms with Crippen LogP contribution in [0.1, 0.15) is 32.6 Å². The highest BCUT2D eigenvalue weighted by molar-refractivity contribution is 5.76. The predicted molar refractivity (Wildman–Crippen MR) is 46.7 cm³/mol. The third-order valence-electron chi connectivity index (χ3n) is 2.10. The van der Waals surface area contributed by atoms with Gasteiger partial charge < -0.3 is 10.0 Å². The summed E-state index contributed by atoms with van der Waals surface area (Å²) in [4.78, 5) is 13.3. The van der Waals surface area contributed by atoms with E-state index in [0.29, 0.717) is 6.04 Å². The first-order chi connectivity index (χ1) is 5.79. The quantitative estimate of drug-likeness (QED) is 0.663. The lowest BCUT2D eigenvalue weighted by molar-refractivity contribution is -0.132. The maximum atomic E-state index is 11.4. The van der Waals surface area contributed by atoms with E-state index < -0.39 is 0 Å². The molecule has 0 unspecified atom stereocenters. The Morgan fingerprint density at radius 3 is 2.67 bits per heavy atom. The van der Waals surface area contributed by atoms with E-state index in [4.69, 9.17) is 5.11 Å². The van der Waals surface area contributed by atoms with E-state index in [1.54, 1.807) is 0 Å². The Hall–Kier alpha value is -0.570. The molecule has 3 nitrogen and oxygen atoms in total. The topological polar surface area (TPSA) is 40.5 Å². The highest BCUT2D eigenvalue weighted by Crippen LogP contribution is 2.27. The Labute approximate surface area is 73.4 Å². The molecule has 0 heterocycles. The molecule has 1 N–H and O–H groups in total. The van der Waals surface area contributed by atoms with Crippen LogP contribution in [0, 0.1) is 0 Å². The molecule has 0 bridgehead atoms. The van der Waals surface area contributed by atoms with E-state index in [9.17, 15) is 4.79 Å². The number of hydrogen-bond acceptors (Lipinski definition) is 2. The van der Waals surface area contributed by atoms with Crippen LogP contribution in [-0.2, 0) is 4.79 Å². The fourth-order valence-electron chi connectivity index (χ4n) is 1.38. The van der Waals surface area contributed by atoms with Gasteiger partial charge in [0.15, 0.2) is 0 Å². The SMILES string of the molecule is CCCN(C(=O)CCO)C1CC1. The van der Waals surface area contributed by atoms with Gasteiger partial charge in [-0.3, -0.25) is 4.79 Å². The molecular weight excluding hydrogens is 154 g/mol. The summed E-state index contributed by atoms with van der Waals surface area (Å²) in [7, 11) is 0. The molecule has 0 aromatic heterocycles. The van der Waals surface area contributed by atoms with Crippen LogP contribution in [0.25, 0.3) is 0 Å². The molecular formula is C9H17NO2. The van der Waals surface area contributed by atoms with E-state index in [2.05, 4.69) is 6.92 Å². The molecule has 0 spiro atoms. The lowest BCUT2D eigenvalue weighted by Gasteiger charge is -2.21. The highest BCUT2D eigenvalue weighted by Gasteiger charge is 2.31. The van der Waals surface area contributed by atoms with Crippen LogP contribution < -0.4 is 0 Å². The predicted octanol–water partition coefficient (Wildman–Crippen LogP) is 0.770. The molecule has 3 heteroatoms. The molecule has 0 aliphatic heterocycles. The normalized spacial score (nSPS) is 16.2. The Morgan fingerprint density at radius 1 is 1.58 bits per heavy atom. The third-order valence-corrected chi connectivity index (χ3v) is 2.10. The summed E-state index contributed by atoms with van der Waals surface area (Å²) < 4.78 is 0. The van der Waals surface area contributed by atoms with Gasteiger partial charge in [-0.25, -0.2) is 0 Å². The minimum atomic E-state index is -0.0221. The first-order valence-electron chi connectivity index (χ1n) is 4.70. The van der Waals surface area contributed by atoms with E-state index in [-0.39, 0.29) is 18.9 Å². The van der Waals surface area contributed by atoms with Crippen molar-refractivity contribution in [3.8, 4) is 0 Å². The molecule has 12 heavy (non-hydrogen) atoms. The van der Waals surface area contributed by atoms with Crippen LogP contribution in [0.3, 0.4) is 0 Å². The Kier molecular flexibility index (Phi) is 3.53. The summed E-state index contributed by atoms with van der Waals surface area (Å²) in [6.07, 6.45) is 3.60. The van der Waals surface area contributed by atoms with Crippen LogP contribution in [0.5, 0.6) is 0 Å². The smallest absolute Gasteiger partial charge is 0.225 e. The van der Waals surface area contributed by atoms with Gasteiger partial charge in [-0.15, -0.1) is 0 Å². The zero-order valence-electron chi connectivity index (χ0n) is 7.62. The number of amides is 1. The summed E-state index contributed by atoms with van der Waals surface area (Å²) >= 11 is 0. The average molecular weight is 171 g/mol. The second kappa shape index (κ2) is 4.45. The molecule has 1 aliphatic carbocycles. The molecule has 70 valence electrons. The summed E-state index contributed by atoms with van der Waals surface area (Å²) in [5.74, 6) is 0.113. The molecule has 0 aromatic rings. The van der Waals surface area contributed by atoms with E-state index in [1.165, 1.54) is 0 Å². The van der Waals surface area contributed by atoms with Gasteiger partial charge in [0, 0.05) is 19.0 Å². The number of nitrogens with zero attached hydrogens (tertiary/aromatic N) is 1. The lowest BCUT2D eigenvalue weighted by atomic mass is 10.3. The van der Waals surface area contributed by atoms with Gasteiger partial charge >= 0.3 is 0 Å². The maximum absolute atomic E-state index is 11.4. The van der Waals surface area contributed by atoms with Crippen molar-refractivity contribution in [1.29, 1.82) is 0 Å². The monoisotopic (exact) mass is 171 g/mol. The molecule has 0 radical (unpaired) electrons. The van der Waals surface area contributed by atoms with Crippen LogP contribution in [0.4, 0.5) is 0 Å². The Morgan fingerprint density at radius 2 is 2.25 bits per heavy atom. The van der Waals surface area contributed by atoms with Gasteiger partial charge in [-0.05, 0) is 19.3 Å². The fourth-order valence-corrected chi connectivity index (χ4v) is 1.38. The number of carbonyl (C=O) groups excluding carboxylic acids is 1. The first kappa shape index (κ1) is 9.52. The van der Waals surface area contributed by atoms with Crippen molar-refractivity contribution in [2.75, 3.05) is 13.2 Å². The number of hydrogen-bond donors (Lipinski definition) is 1. The molecule has 0 aromatic carbocycles. The van der Waals surface area contributed by atoms with E-state index >= 15 is 0 Å². The standard InChI is InChI=1S/C9H17NO2/c1-2-6-10(8-3-4-8)9(12)5-7-11/h8,11H,2-7H2,1H3. The minimum Gasteiger partial charge on any atom is -0.396 e. The van der Waals surface area contributed by atoms with Crippen LogP contribution in [0.2, 0.25) is 0 Å². The summed E-state index contributed by atoms with van der Waals surface area (Å²) in [5, 5.41) is 8.61. The summed E-state index contributed by atoms with van der Waals surface area (Å²) in [5.41, 5.74) is 0. The third kappa shape index (κ3) is 2.48. The Bertz CT molecular complexity index is 155. The van der Waals surface area contributed by atoms with Gasteiger partial charge in [-0.1, -0.05) is 6.92 Å². The van der Waals surface area contributed by atoms with Gasteiger partial charge in [0.05, 0.1) is 6.61 Å². The average Bonchev–Trinajstić information content (AvgIpc) is 2.83. The molecule has 1 amide bonds. The van der Waals surface area contributed by atoms with Crippen LogP contribution >= 0.6 is 0 Å². The number of carbonyl (C=O) groups is 1. The van der Waals surface area contributed by atoms with Gasteiger partial charge in [0.2, 0.25) is 5.91 Å². The molecule has 0 atom stereocenters. The number of rotatable bonds is 5. The van der Waals surface area contributed by atoms with Crippen molar-refractivity contribution in [2.45, 2.75) is 38.6 Å². The first-order valence-corrected chi connectivity index (χ1v) is 4.70. The summed E-state index contributed by atoms with van der Waals surface area (Å²) in [6, 6.07) is 0.490. The molecule has 1 saturated carbocycles. The van der Waals surface area contributed by atoms with Gasteiger partial charge in [0.25, 0.3) is 0 Å². The number of aliphatic hydroxyl groups is 1. The molecule has 1 aliphatic rings. The minimum absolute atomic E-state index is 0.0221. The van der Waals surface area contributed by atoms with Crippen molar-refractivity contribution in [3.63, 3.8) is 0 Å². The maximum Gasteiger partial charge on any atom is 0.225 e. The van der Waals surface area contributed by atoms with Crippen LogP contribution in [-0.4, -0.2) is 35.1 Å². The van der Waals surface area contributed by atoms with Crippen molar-refractivity contribution >= 4 is 5.91 Å². The molecule has 1 rings (SSSR count). The zero-order chi connectivity index (χ0) is 8.97. The molecule has 1 fully saturated rings. The number of aliphatic hydroxyl groups excluding tert-OH is 1. The second-order valence-corrected chi connectivity index (χ2v) is 3.29. The van der Waals surface area contributed by atoms with Crippen LogP contribution in [0.15, 0.2) is 0 Å².